The van der Waals surface area contributed by atoms with Crippen LogP contribution in [0, 0.1) is 17.8 Å². The maximum Gasteiger partial charge on any atom is 0.404 e. The first-order chi connectivity index (χ1) is 10.6. The van der Waals surface area contributed by atoms with Crippen LogP contribution in [0.25, 0.3) is 0 Å². The van der Waals surface area contributed by atoms with E-state index in [0.29, 0.717) is 11.8 Å². The van der Waals surface area contributed by atoms with Crippen LogP contribution in [-0.4, -0.2) is 32.2 Å². The third kappa shape index (κ3) is 3.97. The molecule has 0 aromatic rings. The molecule has 3 atom stereocenters. The van der Waals surface area contributed by atoms with Crippen molar-refractivity contribution in [3.63, 3.8) is 0 Å². The Morgan fingerprint density at radius 3 is 2.30 bits per heavy atom. The van der Waals surface area contributed by atoms with Crippen molar-refractivity contribution >= 4 is 16.7 Å². The fourth-order valence-electron chi connectivity index (χ4n) is 3.55. The molecule has 0 N–H and O–H groups in total. The number of hydrogen-bond acceptors (Lipinski definition) is 4. The summed E-state index contributed by atoms with van der Waals surface area (Å²) in [5.74, 6) is -4.14. The lowest BCUT2D eigenvalue weighted by atomic mass is 9.89. The highest BCUT2D eigenvalue weighted by Crippen LogP contribution is 2.48. The van der Waals surface area contributed by atoms with Crippen LogP contribution in [0.3, 0.4) is 0 Å². The fraction of sp³-hybridized carbons (Fsp3) is 0.929. The first kappa shape index (κ1) is 18.5. The summed E-state index contributed by atoms with van der Waals surface area (Å²) >= 11 is 0. The molecular weight excluding hydrogens is 340 g/mol. The lowest BCUT2D eigenvalue weighted by molar-refractivity contribution is -0.160. The summed E-state index contributed by atoms with van der Waals surface area (Å²) in [5, 5.41) is -5.05. The monoisotopic (exact) mass is 360 g/mol. The molecule has 0 radical (unpaired) electrons. The number of carbonyl (C=O) groups is 1. The number of unbranched alkanes of at least 4 members (excludes halogenated alkanes) is 1. The summed E-state index contributed by atoms with van der Waals surface area (Å²) in [6.07, 6.45) is 2.37. The summed E-state index contributed by atoms with van der Waals surface area (Å²) in [7, 11) is -4.54. The van der Waals surface area contributed by atoms with Gasteiger partial charge in [-0.1, -0.05) is 6.42 Å². The molecule has 2 aliphatic rings. The molecule has 0 saturated heterocycles. The highest BCUT2D eigenvalue weighted by molar-refractivity contribution is 7.73. The molecule has 23 heavy (non-hydrogen) atoms. The van der Waals surface area contributed by atoms with E-state index in [-0.39, 0.29) is 31.3 Å². The standard InChI is InChI=1S/C14H20F4O4S/c15-13(16,14(17,18)23(20)21)5-1-2-6-22-12(19)11-8-9-3-4-10(11)7-9/h9-11,23H,1-8H2. The van der Waals surface area contributed by atoms with Crippen LogP contribution in [0.4, 0.5) is 17.6 Å². The van der Waals surface area contributed by atoms with Crippen molar-refractivity contribution < 1.29 is 35.5 Å². The van der Waals surface area contributed by atoms with Crippen LogP contribution < -0.4 is 0 Å². The van der Waals surface area contributed by atoms with Crippen molar-refractivity contribution in [2.45, 2.75) is 56.1 Å². The van der Waals surface area contributed by atoms with E-state index in [9.17, 15) is 30.8 Å². The maximum atomic E-state index is 13.1. The van der Waals surface area contributed by atoms with Gasteiger partial charge in [-0.05, 0) is 43.9 Å². The van der Waals surface area contributed by atoms with E-state index < -0.39 is 28.3 Å². The minimum atomic E-state index is -5.05. The number of fused-ring (bicyclic) bond motifs is 2. The van der Waals surface area contributed by atoms with Crippen molar-refractivity contribution in [1.82, 2.24) is 0 Å². The van der Waals surface area contributed by atoms with E-state index in [4.69, 9.17) is 4.74 Å². The number of ether oxygens (including phenoxy) is 1. The fourth-order valence-corrected chi connectivity index (χ4v) is 3.93. The van der Waals surface area contributed by atoms with Gasteiger partial charge in [0.05, 0.1) is 12.5 Å². The Morgan fingerprint density at radius 1 is 1.09 bits per heavy atom. The summed E-state index contributed by atoms with van der Waals surface area (Å²) in [6.45, 7) is -0.113. The largest absolute Gasteiger partial charge is 0.465 e. The average molecular weight is 360 g/mol. The zero-order valence-electron chi connectivity index (χ0n) is 12.5. The summed E-state index contributed by atoms with van der Waals surface area (Å²) in [4.78, 5) is 11.9. The van der Waals surface area contributed by atoms with Gasteiger partial charge in [-0.2, -0.15) is 17.6 Å². The Bertz CT molecular complexity index is 513. The van der Waals surface area contributed by atoms with E-state index in [2.05, 4.69) is 0 Å². The molecule has 9 heteroatoms. The summed E-state index contributed by atoms with van der Waals surface area (Å²) < 4.78 is 77.4. The van der Waals surface area contributed by atoms with E-state index in [0.717, 1.165) is 25.7 Å². The van der Waals surface area contributed by atoms with Gasteiger partial charge in [0.1, 0.15) is 0 Å². The second-order valence-corrected chi connectivity index (χ2v) is 7.48. The van der Waals surface area contributed by atoms with Gasteiger partial charge in [-0.3, -0.25) is 4.79 Å². The Balaban J connectivity index is 1.67. The first-order valence-electron chi connectivity index (χ1n) is 7.72. The second-order valence-electron chi connectivity index (χ2n) is 6.41. The number of carbonyl (C=O) groups excluding carboxylic acids is 1. The second kappa shape index (κ2) is 6.94. The van der Waals surface area contributed by atoms with Crippen LogP contribution in [0.5, 0.6) is 0 Å². The van der Waals surface area contributed by atoms with Crippen molar-refractivity contribution in [3.05, 3.63) is 0 Å². The highest BCUT2D eigenvalue weighted by atomic mass is 32.2. The number of rotatable bonds is 8. The Hall–Kier alpha value is -0.860. The predicted molar refractivity (Wildman–Crippen MR) is 74.0 cm³/mol. The number of alkyl halides is 4. The Morgan fingerprint density at radius 2 is 1.78 bits per heavy atom. The first-order valence-corrected chi connectivity index (χ1v) is 8.89. The molecule has 2 aliphatic carbocycles. The number of halogens is 4. The SMILES string of the molecule is O=C(OCCCCC(F)(F)C(F)(F)[SH](=O)=O)C1CC2CCC1C2. The lowest BCUT2D eigenvalue weighted by Crippen LogP contribution is -2.41. The normalized spacial score (nSPS) is 27.6. The van der Waals surface area contributed by atoms with Crippen LogP contribution in [0.2, 0.25) is 0 Å². The summed E-state index contributed by atoms with van der Waals surface area (Å²) in [5.41, 5.74) is 0. The molecule has 0 aromatic heterocycles. The van der Waals surface area contributed by atoms with E-state index in [1.807, 2.05) is 0 Å². The molecule has 0 heterocycles. The molecule has 134 valence electrons. The highest BCUT2D eigenvalue weighted by Gasteiger charge is 2.58. The molecular formula is C14H20F4O4S. The zero-order valence-corrected chi connectivity index (χ0v) is 13.4. The zero-order chi connectivity index (χ0) is 17.3. The molecule has 2 fully saturated rings. The number of thiol groups is 1. The molecule has 0 amide bonds. The van der Waals surface area contributed by atoms with Crippen molar-refractivity contribution in [2.24, 2.45) is 17.8 Å². The maximum absolute atomic E-state index is 13.1. The van der Waals surface area contributed by atoms with Gasteiger partial charge in [-0.25, -0.2) is 8.42 Å². The molecule has 2 rings (SSSR count). The van der Waals surface area contributed by atoms with Crippen LogP contribution >= 0.6 is 0 Å². The Labute approximate surface area is 133 Å². The van der Waals surface area contributed by atoms with Gasteiger partial charge in [0, 0.05) is 6.42 Å². The number of hydrogen-bond donors (Lipinski definition) is 1. The molecule has 2 saturated carbocycles. The van der Waals surface area contributed by atoms with E-state index >= 15 is 0 Å². The van der Waals surface area contributed by atoms with Crippen molar-refractivity contribution in [3.8, 4) is 0 Å². The predicted octanol–water partition coefficient (Wildman–Crippen LogP) is 2.98. The molecule has 0 aromatic carbocycles. The smallest absolute Gasteiger partial charge is 0.404 e. The third-order valence-electron chi connectivity index (χ3n) is 4.84. The van der Waals surface area contributed by atoms with Crippen LogP contribution in [0.15, 0.2) is 0 Å². The molecule has 0 aliphatic heterocycles. The van der Waals surface area contributed by atoms with E-state index in [1.165, 1.54) is 0 Å². The van der Waals surface area contributed by atoms with Crippen molar-refractivity contribution in [1.29, 1.82) is 0 Å². The average Bonchev–Trinajstić information content (AvgIpc) is 3.08. The van der Waals surface area contributed by atoms with Gasteiger partial charge >= 0.3 is 17.1 Å². The molecule has 4 nitrogen and oxygen atoms in total. The molecule has 2 bridgehead atoms. The van der Waals surface area contributed by atoms with Crippen LogP contribution in [0.1, 0.15) is 44.9 Å². The number of esters is 1. The van der Waals surface area contributed by atoms with Gasteiger partial charge < -0.3 is 4.74 Å². The van der Waals surface area contributed by atoms with Crippen molar-refractivity contribution in [2.75, 3.05) is 6.61 Å². The quantitative estimate of drug-likeness (QED) is 0.313. The van der Waals surface area contributed by atoms with Gasteiger partial charge in [-0.15, -0.1) is 0 Å². The minimum Gasteiger partial charge on any atom is -0.465 e. The van der Waals surface area contributed by atoms with Gasteiger partial charge in [0.25, 0.3) is 0 Å². The molecule has 0 spiro atoms. The summed E-state index contributed by atoms with van der Waals surface area (Å²) in [6, 6.07) is 0. The lowest BCUT2D eigenvalue weighted by Gasteiger charge is -2.22. The topological polar surface area (TPSA) is 60.4 Å². The third-order valence-corrected chi connectivity index (χ3v) is 5.63. The molecule has 3 unspecified atom stereocenters. The minimum absolute atomic E-state index is 0.00609. The van der Waals surface area contributed by atoms with E-state index in [1.54, 1.807) is 0 Å². The Kier molecular flexibility index (Phi) is 5.58. The van der Waals surface area contributed by atoms with Gasteiger partial charge in [0.2, 0.25) is 10.7 Å². The van der Waals surface area contributed by atoms with Crippen LogP contribution in [-0.2, 0) is 20.2 Å². The van der Waals surface area contributed by atoms with Gasteiger partial charge in [0.15, 0.2) is 0 Å².